The van der Waals surface area contributed by atoms with Crippen LogP contribution in [0.4, 0.5) is 13.2 Å². The first kappa shape index (κ1) is 26.2. The van der Waals surface area contributed by atoms with Crippen LogP contribution in [0.25, 0.3) is 0 Å². The van der Waals surface area contributed by atoms with Gasteiger partial charge in [0.25, 0.3) is 0 Å². The molecule has 1 aromatic carbocycles. The zero-order valence-corrected chi connectivity index (χ0v) is 20.4. The van der Waals surface area contributed by atoms with Gasteiger partial charge in [-0.3, -0.25) is 0 Å². The van der Waals surface area contributed by atoms with E-state index >= 15 is 0 Å². The molecule has 4 aliphatic carbocycles. The van der Waals surface area contributed by atoms with Crippen molar-refractivity contribution in [3.63, 3.8) is 0 Å². The molecule has 7 nitrogen and oxygen atoms in total. The van der Waals surface area contributed by atoms with Crippen LogP contribution in [0.2, 0.25) is 0 Å². The Morgan fingerprint density at radius 3 is 2.20 bits per heavy atom. The molecule has 0 heterocycles. The molecule has 1 aromatic rings. The normalized spacial score (nSPS) is 28.8. The molecule has 1 unspecified atom stereocenters. The third-order valence-electron chi connectivity index (χ3n) is 7.31. The van der Waals surface area contributed by atoms with Crippen LogP contribution in [-0.4, -0.2) is 43.7 Å². The Kier molecular flexibility index (Phi) is 7.41. The molecule has 4 bridgehead atoms. The number of ether oxygens (including phenoxy) is 3. The highest BCUT2D eigenvalue weighted by Gasteiger charge is 2.50. The lowest BCUT2D eigenvalue weighted by molar-refractivity contribution is -0.212. The molecule has 35 heavy (non-hydrogen) atoms. The minimum Gasteiger partial charge on any atom is -0.748 e. The van der Waals surface area contributed by atoms with Crippen LogP contribution >= 0.6 is 0 Å². The van der Waals surface area contributed by atoms with Gasteiger partial charge >= 0.3 is 12.1 Å². The number of benzene rings is 1. The minimum absolute atomic E-state index is 0.0632. The molecule has 1 atom stereocenters. The average molecular weight is 520 g/mol. The van der Waals surface area contributed by atoms with Gasteiger partial charge in [-0.25, -0.2) is 13.2 Å². The molecule has 5 rings (SSSR count). The van der Waals surface area contributed by atoms with Gasteiger partial charge < -0.3 is 18.8 Å². The van der Waals surface area contributed by atoms with Gasteiger partial charge in [-0.1, -0.05) is 13.8 Å². The van der Waals surface area contributed by atoms with E-state index in [1.807, 2.05) is 0 Å². The lowest BCUT2D eigenvalue weighted by Gasteiger charge is -2.54. The van der Waals surface area contributed by atoms with E-state index < -0.39 is 52.2 Å². The molecule has 0 aromatic heterocycles. The van der Waals surface area contributed by atoms with Crippen molar-refractivity contribution in [2.75, 3.05) is 12.4 Å². The summed E-state index contributed by atoms with van der Waals surface area (Å²) >= 11 is 0. The monoisotopic (exact) mass is 519 g/mol. The van der Waals surface area contributed by atoms with Crippen LogP contribution in [0.5, 0.6) is 5.75 Å². The van der Waals surface area contributed by atoms with E-state index in [2.05, 4.69) is 0 Å². The fourth-order valence-electron chi connectivity index (χ4n) is 6.00. The summed E-state index contributed by atoms with van der Waals surface area (Å²) in [7, 11) is -4.60. The molecule has 11 heteroatoms. The van der Waals surface area contributed by atoms with Crippen molar-refractivity contribution < 1.29 is 45.1 Å². The molecule has 196 valence electrons. The second kappa shape index (κ2) is 9.89. The molecule has 4 aliphatic rings. The first-order valence-corrected chi connectivity index (χ1v) is 13.5. The van der Waals surface area contributed by atoms with Gasteiger partial charge in [0, 0.05) is 5.92 Å². The fourth-order valence-corrected chi connectivity index (χ4v) is 6.29. The van der Waals surface area contributed by atoms with Gasteiger partial charge in [0.05, 0.1) is 33.1 Å². The van der Waals surface area contributed by atoms with E-state index in [0.29, 0.717) is 23.7 Å². The molecule has 0 amide bonds. The lowest BCUT2D eigenvalue weighted by atomic mass is 9.55. The van der Waals surface area contributed by atoms with E-state index in [-0.39, 0.29) is 17.6 Å². The van der Waals surface area contributed by atoms with Gasteiger partial charge in [-0.15, -0.1) is 0 Å². The van der Waals surface area contributed by atoms with Crippen molar-refractivity contribution in [3.8, 4) is 5.75 Å². The zero-order valence-electron chi connectivity index (χ0n) is 19.6. The average Bonchev–Trinajstić information content (AvgIpc) is 2.73. The topological polar surface area (TPSA) is 102 Å². The molecule has 0 radical (unpaired) electrons. The molecule has 4 fully saturated rings. The molecule has 0 N–H and O–H groups in total. The van der Waals surface area contributed by atoms with Crippen LogP contribution < -0.4 is 4.74 Å². The first-order chi connectivity index (χ1) is 16.3. The maximum atomic E-state index is 13.7. The van der Waals surface area contributed by atoms with Crippen LogP contribution in [-0.2, 0) is 25.8 Å². The second-order valence-electron chi connectivity index (χ2n) is 10.4. The van der Waals surface area contributed by atoms with E-state index in [1.54, 1.807) is 13.8 Å². The van der Waals surface area contributed by atoms with E-state index in [4.69, 9.17) is 14.2 Å². The van der Waals surface area contributed by atoms with Crippen LogP contribution in [0.3, 0.4) is 0 Å². The second-order valence-corrected chi connectivity index (χ2v) is 11.9. The number of carbonyl (C=O) groups is 1. The number of alkyl halides is 3. The van der Waals surface area contributed by atoms with Gasteiger partial charge in [-0.05, 0) is 74.0 Å². The molecule has 4 saturated carbocycles. The number of hydrogen-bond acceptors (Lipinski definition) is 7. The maximum absolute atomic E-state index is 13.7. The van der Waals surface area contributed by atoms with E-state index in [9.17, 15) is 30.9 Å². The largest absolute Gasteiger partial charge is 0.748 e. The highest BCUT2D eigenvalue weighted by atomic mass is 32.2. The Bertz CT molecular complexity index is 1010. The standard InChI is InChI=1S/C24H31F3O7S/c1-13(2)23(34-21-17-8-14-7-15(10-17)11-18(21)9-14)33-20-12-16(3-4-19(20)24(25,26)27)22(28)32-5-6-35(29,30)31/h3-4,12-15,17-18,21,23H,5-11H2,1-2H3,(H,29,30,31)/p-1. The number of esters is 1. The van der Waals surface area contributed by atoms with Crippen LogP contribution in [0.1, 0.15) is 61.9 Å². The van der Waals surface area contributed by atoms with Crippen molar-refractivity contribution >= 4 is 16.1 Å². The summed E-state index contributed by atoms with van der Waals surface area (Å²) in [5, 5.41) is 0. The zero-order chi connectivity index (χ0) is 25.5. The van der Waals surface area contributed by atoms with Crippen molar-refractivity contribution in [3.05, 3.63) is 29.3 Å². The molecule has 0 aliphatic heterocycles. The quantitative estimate of drug-likeness (QED) is 0.267. The predicted molar refractivity (Wildman–Crippen MR) is 117 cm³/mol. The highest BCUT2D eigenvalue weighted by Crippen LogP contribution is 2.55. The van der Waals surface area contributed by atoms with Gasteiger partial charge in [-0.2, -0.15) is 13.2 Å². The Morgan fingerprint density at radius 2 is 1.69 bits per heavy atom. The Balaban J connectivity index is 1.52. The summed E-state index contributed by atoms with van der Waals surface area (Å²) in [5.41, 5.74) is -1.32. The van der Waals surface area contributed by atoms with Crippen molar-refractivity contribution in [2.24, 2.45) is 29.6 Å². The van der Waals surface area contributed by atoms with Gasteiger partial charge in [0.15, 0.2) is 0 Å². The van der Waals surface area contributed by atoms with Gasteiger partial charge in [0.2, 0.25) is 6.29 Å². The third kappa shape index (κ3) is 6.29. The van der Waals surface area contributed by atoms with Gasteiger partial charge in [0.1, 0.15) is 12.4 Å². The number of carbonyl (C=O) groups excluding carboxylic acids is 1. The number of hydrogen-bond donors (Lipinski definition) is 0. The fraction of sp³-hybridized carbons (Fsp3) is 0.708. The predicted octanol–water partition coefficient (Wildman–Crippen LogP) is 4.61. The summed E-state index contributed by atoms with van der Waals surface area (Å²) in [6, 6.07) is 2.57. The summed E-state index contributed by atoms with van der Waals surface area (Å²) in [4.78, 5) is 12.3. The van der Waals surface area contributed by atoms with Crippen LogP contribution in [0, 0.1) is 29.6 Å². The van der Waals surface area contributed by atoms with E-state index in [1.165, 1.54) is 6.42 Å². The van der Waals surface area contributed by atoms with Crippen molar-refractivity contribution in [1.82, 2.24) is 0 Å². The Hall–Kier alpha value is -1.85. The molecule has 0 saturated heterocycles. The summed E-state index contributed by atoms with van der Waals surface area (Å²) in [5.74, 6) is -0.614. The summed E-state index contributed by atoms with van der Waals surface area (Å²) < 4.78 is 90.1. The molecule has 0 spiro atoms. The van der Waals surface area contributed by atoms with Crippen molar-refractivity contribution in [2.45, 2.75) is 64.5 Å². The summed E-state index contributed by atoms with van der Waals surface area (Å²) in [6.45, 7) is 2.90. The smallest absolute Gasteiger partial charge is 0.419 e. The molecular weight excluding hydrogens is 489 g/mol. The maximum Gasteiger partial charge on any atom is 0.419 e. The SMILES string of the molecule is CC(C)C(Oc1cc(C(=O)OCCS(=O)(=O)[O-])ccc1C(F)(F)F)OC1C2CC3CC(C2)CC1C3. The number of halogens is 3. The highest BCUT2D eigenvalue weighted by molar-refractivity contribution is 7.85. The van der Waals surface area contributed by atoms with Crippen LogP contribution in [0.15, 0.2) is 18.2 Å². The summed E-state index contributed by atoms with van der Waals surface area (Å²) in [6.07, 6.45) is -0.163. The van der Waals surface area contributed by atoms with E-state index in [0.717, 1.165) is 43.9 Å². The minimum atomic E-state index is -4.74. The Morgan fingerprint density at radius 1 is 1.09 bits per heavy atom. The third-order valence-corrected chi connectivity index (χ3v) is 7.97. The Labute approximate surface area is 203 Å². The molecular formula is C24H30F3O7S-. The lowest BCUT2D eigenvalue weighted by Crippen LogP contribution is -2.51. The number of rotatable bonds is 9. The first-order valence-electron chi connectivity index (χ1n) is 11.9. The van der Waals surface area contributed by atoms with Crippen molar-refractivity contribution in [1.29, 1.82) is 0 Å².